The summed E-state index contributed by atoms with van der Waals surface area (Å²) in [6, 6.07) is 5.12. The van der Waals surface area contributed by atoms with E-state index in [1.165, 1.54) is 23.9 Å². The number of aliphatic hydroxyl groups is 1. The molecule has 0 aromatic heterocycles. The van der Waals surface area contributed by atoms with Crippen molar-refractivity contribution in [3.05, 3.63) is 58.4 Å². The SMILES string of the molecule is CSCCO/N=C/c1cc(C(=O)NOCCO)c(Nc2ccc(C)cc2F)c(F)c1F. The van der Waals surface area contributed by atoms with Gasteiger partial charge in [0.15, 0.2) is 11.6 Å². The number of rotatable bonds is 11. The molecule has 2 rings (SSSR count). The molecule has 0 fully saturated rings. The Morgan fingerprint density at radius 2 is 2.00 bits per heavy atom. The zero-order valence-corrected chi connectivity index (χ0v) is 17.7. The van der Waals surface area contributed by atoms with Crippen LogP contribution in [0.1, 0.15) is 21.5 Å². The summed E-state index contributed by atoms with van der Waals surface area (Å²) in [4.78, 5) is 22.2. The third-order valence-electron chi connectivity index (χ3n) is 3.87. The number of amides is 1. The molecule has 31 heavy (non-hydrogen) atoms. The van der Waals surface area contributed by atoms with Crippen molar-refractivity contribution in [1.82, 2.24) is 5.48 Å². The molecule has 2 aromatic carbocycles. The molecule has 0 heterocycles. The van der Waals surface area contributed by atoms with Gasteiger partial charge in [0.05, 0.1) is 36.4 Å². The first-order chi connectivity index (χ1) is 14.9. The lowest BCUT2D eigenvalue weighted by molar-refractivity contribution is 0.0168. The normalized spacial score (nSPS) is 11.0. The van der Waals surface area contributed by atoms with Gasteiger partial charge in [-0.25, -0.2) is 18.7 Å². The van der Waals surface area contributed by atoms with Crippen LogP contribution in [-0.2, 0) is 9.68 Å². The standard InChI is InChI=1S/C20H22F3N3O4S/c1-12-3-4-16(15(21)9-12)25-19-14(20(28)26-30-6-5-27)10-13(17(22)18(19)23)11-24-29-7-8-31-2/h3-4,9-11,25,27H,5-8H2,1-2H3,(H,26,28)/b24-11+. The van der Waals surface area contributed by atoms with Crippen LogP contribution < -0.4 is 10.8 Å². The van der Waals surface area contributed by atoms with E-state index < -0.39 is 29.0 Å². The van der Waals surface area contributed by atoms with Crippen molar-refractivity contribution >= 4 is 35.3 Å². The van der Waals surface area contributed by atoms with Crippen LogP contribution >= 0.6 is 11.8 Å². The number of benzene rings is 2. The van der Waals surface area contributed by atoms with Crippen LogP contribution in [0.5, 0.6) is 0 Å². The summed E-state index contributed by atoms with van der Waals surface area (Å²) in [7, 11) is 0. The van der Waals surface area contributed by atoms with E-state index in [9.17, 15) is 18.0 Å². The Morgan fingerprint density at radius 1 is 1.23 bits per heavy atom. The highest BCUT2D eigenvalue weighted by Gasteiger charge is 2.23. The summed E-state index contributed by atoms with van der Waals surface area (Å²) in [5.74, 6) is -3.73. The van der Waals surface area contributed by atoms with Gasteiger partial charge in [0, 0.05) is 11.3 Å². The van der Waals surface area contributed by atoms with Crippen LogP contribution in [0.4, 0.5) is 24.5 Å². The summed E-state index contributed by atoms with van der Waals surface area (Å²) in [6.45, 7) is 1.34. The van der Waals surface area contributed by atoms with Crippen molar-refractivity contribution in [1.29, 1.82) is 0 Å². The van der Waals surface area contributed by atoms with E-state index in [-0.39, 0.29) is 36.6 Å². The molecule has 2 aromatic rings. The van der Waals surface area contributed by atoms with Crippen molar-refractivity contribution in [2.45, 2.75) is 6.92 Å². The zero-order valence-electron chi connectivity index (χ0n) is 16.9. The average molecular weight is 457 g/mol. The number of nitrogens with one attached hydrogen (secondary N) is 2. The maximum atomic E-state index is 14.9. The number of nitrogens with zero attached hydrogens (tertiary/aromatic N) is 1. The van der Waals surface area contributed by atoms with Gasteiger partial charge in [-0.2, -0.15) is 11.8 Å². The summed E-state index contributed by atoms with van der Waals surface area (Å²) in [6.07, 6.45) is 2.80. The van der Waals surface area contributed by atoms with Crippen molar-refractivity contribution in [3.63, 3.8) is 0 Å². The number of halogens is 3. The average Bonchev–Trinajstić information content (AvgIpc) is 2.74. The second kappa shape index (κ2) is 12.2. The molecule has 1 amide bonds. The minimum atomic E-state index is -1.42. The molecule has 0 radical (unpaired) electrons. The number of aryl methyl sites for hydroxylation is 1. The Morgan fingerprint density at radius 3 is 2.68 bits per heavy atom. The maximum absolute atomic E-state index is 14.9. The molecule has 3 N–H and O–H groups in total. The van der Waals surface area contributed by atoms with Crippen LogP contribution in [-0.4, -0.2) is 49.1 Å². The highest BCUT2D eigenvalue weighted by Crippen LogP contribution is 2.30. The fourth-order valence-corrected chi connectivity index (χ4v) is 2.62. The van der Waals surface area contributed by atoms with Gasteiger partial charge in [-0.3, -0.25) is 9.63 Å². The summed E-state index contributed by atoms with van der Waals surface area (Å²) >= 11 is 1.52. The lowest BCUT2D eigenvalue weighted by Gasteiger charge is -2.15. The largest absolute Gasteiger partial charge is 0.395 e. The number of thioether (sulfide) groups is 1. The first-order valence-corrected chi connectivity index (χ1v) is 10.5. The molecule has 0 aliphatic rings. The van der Waals surface area contributed by atoms with Crippen LogP contribution in [0.3, 0.4) is 0 Å². The van der Waals surface area contributed by atoms with Gasteiger partial charge in [0.25, 0.3) is 5.91 Å². The molecule has 0 aliphatic heterocycles. The quantitative estimate of drug-likeness (QED) is 0.272. The molecular weight excluding hydrogens is 435 g/mol. The monoisotopic (exact) mass is 457 g/mol. The van der Waals surface area contributed by atoms with Crippen molar-refractivity contribution < 1.29 is 32.7 Å². The van der Waals surface area contributed by atoms with E-state index in [0.717, 1.165) is 12.3 Å². The molecule has 0 saturated carbocycles. The Bertz CT molecular complexity index is 944. The van der Waals surface area contributed by atoms with Crippen LogP contribution in [0.15, 0.2) is 29.4 Å². The second-order valence-electron chi connectivity index (χ2n) is 6.19. The summed E-state index contributed by atoms with van der Waals surface area (Å²) in [5, 5.41) is 14.8. The summed E-state index contributed by atoms with van der Waals surface area (Å²) in [5.41, 5.74) is 1.15. The van der Waals surface area contributed by atoms with E-state index in [1.807, 2.05) is 11.7 Å². The lowest BCUT2D eigenvalue weighted by Crippen LogP contribution is -2.26. The third-order valence-corrected chi connectivity index (χ3v) is 4.44. The van der Waals surface area contributed by atoms with Gasteiger partial charge in [-0.05, 0) is 36.9 Å². The first-order valence-electron chi connectivity index (χ1n) is 9.11. The predicted molar refractivity (Wildman–Crippen MR) is 113 cm³/mol. The number of hydroxylamine groups is 1. The Balaban J connectivity index is 2.43. The number of oxime groups is 1. The number of anilines is 2. The Labute approximate surface area is 181 Å². The number of carbonyl (C=O) groups excluding carboxylic acids is 1. The maximum Gasteiger partial charge on any atom is 0.277 e. The predicted octanol–water partition coefficient (Wildman–Crippen LogP) is 3.52. The first kappa shape index (κ1) is 24.5. The minimum absolute atomic E-state index is 0.156. The number of hydrogen-bond acceptors (Lipinski definition) is 7. The molecule has 0 unspecified atom stereocenters. The van der Waals surface area contributed by atoms with Gasteiger partial charge >= 0.3 is 0 Å². The highest BCUT2D eigenvalue weighted by atomic mass is 32.2. The van der Waals surface area contributed by atoms with E-state index in [4.69, 9.17) is 14.8 Å². The van der Waals surface area contributed by atoms with E-state index >= 15 is 0 Å². The number of aliphatic hydroxyl groups excluding tert-OH is 1. The fraction of sp³-hybridized carbons (Fsp3) is 0.300. The molecule has 0 saturated heterocycles. The molecule has 0 bridgehead atoms. The smallest absolute Gasteiger partial charge is 0.277 e. The van der Waals surface area contributed by atoms with Crippen LogP contribution in [0.25, 0.3) is 0 Å². The lowest BCUT2D eigenvalue weighted by atomic mass is 10.1. The fourth-order valence-electron chi connectivity index (χ4n) is 2.38. The van der Waals surface area contributed by atoms with E-state index in [2.05, 4.69) is 10.5 Å². The third kappa shape index (κ3) is 6.88. The van der Waals surface area contributed by atoms with Crippen molar-refractivity contribution in [3.8, 4) is 0 Å². The molecule has 0 atom stereocenters. The van der Waals surface area contributed by atoms with Gasteiger partial charge in [0.1, 0.15) is 12.4 Å². The van der Waals surface area contributed by atoms with Gasteiger partial charge in [-0.15, -0.1) is 0 Å². The van der Waals surface area contributed by atoms with Gasteiger partial charge in [0.2, 0.25) is 0 Å². The van der Waals surface area contributed by atoms with Crippen LogP contribution in [0, 0.1) is 24.4 Å². The molecule has 7 nitrogen and oxygen atoms in total. The summed E-state index contributed by atoms with van der Waals surface area (Å²) < 4.78 is 43.7. The molecular formula is C20H22F3N3O4S. The van der Waals surface area contributed by atoms with Gasteiger partial charge in [-0.1, -0.05) is 11.2 Å². The molecule has 11 heteroatoms. The van der Waals surface area contributed by atoms with Crippen LogP contribution in [0.2, 0.25) is 0 Å². The van der Waals surface area contributed by atoms with E-state index in [1.54, 1.807) is 13.0 Å². The molecule has 168 valence electrons. The zero-order chi connectivity index (χ0) is 22.8. The van der Waals surface area contributed by atoms with Crippen molar-refractivity contribution in [2.24, 2.45) is 5.16 Å². The molecule has 0 aliphatic carbocycles. The molecule has 0 spiro atoms. The van der Waals surface area contributed by atoms with Crippen molar-refractivity contribution in [2.75, 3.05) is 37.1 Å². The second-order valence-corrected chi connectivity index (χ2v) is 7.17. The van der Waals surface area contributed by atoms with E-state index in [0.29, 0.717) is 11.3 Å². The Hall–Kier alpha value is -2.76. The number of carbonyl (C=O) groups is 1. The minimum Gasteiger partial charge on any atom is -0.395 e. The van der Waals surface area contributed by atoms with Gasteiger partial charge < -0.3 is 15.3 Å². The number of hydrogen-bond donors (Lipinski definition) is 3. The Kier molecular flexibility index (Phi) is 9.63. The topological polar surface area (TPSA) is 92.2 Å². The highest BCUT2D eigenvalue weighted by molar-refractivity contribution is 7.98.